The number of hydrogen-bond donors (Lipinski definition) is 0. The molecule has 1 aliphatic rings. The van der Waals surface area contributed by atoms with Crippen LogP contribution in [0.25, 0.3) is 4.96 Å². The summed E-state index contributed by atoms with van der Waals surface area (Å²) in [6, 6.07) is 2.22. The van der Waals surface area contributed by atoms with E-state index in [1.54, 1.807) is 22.7 Å². The number of thiophene rings is 1. The van der Waals surface area contributed by atoms with E-state index in [2.05, 4.69) is 53.6 Å². The van der Waals surface area contributed by atoms with Gasteiger partial charge >= 0.3 is 0 Å². The lowest BCUT2D eigenvalue weighted by atomic mass is 9.93. The maximum atomic E-state index is 4.75. The molecule has 0 atom stereocenters. The standard InChI is InChI=1S/C17H23N5S2/c1-17(2,3)14-11-22-15(18-14)24-16(19-22)21-7-5-20(6-8-21)10-13-4-9-23-12-13/h4,9,11-12H,5-8,10H2,1-3H3. The number of piperazine rings is 1. The van der Waals surface area contributed by atoms with Gasteiger partial charge in [0.05, 0.1) is 11.9 Å². The molecule has 1 saturated heterocycles. The lowest BCUT2D eigenvalue weighted by Crippen LogP contribution is -2.45. The van der Waals surface area contributed by atoms with Crippen molar-refractivity contribution in [1.82, 2.24) is 19.5 Å². The van der Waals surface area contributed by atoms with Gasteiger partial charge in [0.2, 0.25) is 10.1 Å². The van der Waals surface area contributed by atoms with Gasteiger partial charge in [0.15, 0.2) is 0 Å². The van der Waals surface area contributed by atoms with Crippen molar-refractivity contribution in [2.24, 2.45) is 0 Å². The Morgan fingerprint density at radius 1 is 1.17 bits per heavy atom. The molecule has 0 aliphatic carbocycles. The Balaban J connectivity index is 1.42. The van der Waals surface area contributed by atoms with Crippen LogP contribution in [0.2, 0.25) is 0 Å². The molecule has 0 radical (unpaired) electrons. The second kappa shape index (κ2) is 6.13. The third-order valence-corrected chi connectivity index (χ3v) is 6.15. The van der Waals surface area contributed by atoms with Crippen LogP contribution in [-0.2, 0) is 12.0 Å². The number of rotatable bonds is 3. The van der Waals surface area contributed by atoms with Gasteiger partial charge in [-0.25, -0.2) is 9.50 Å². The molecule has 0 amide bonds. The van der Waals surface area contributed by atoms with Gasteiger partial charge in [-0.1, -0.05) is 32.1 Å². The fraction of sp³-hybridized carbons (Fsp3) is 0.529. The summed E-state index contributed by atoms with van der Waals surface area (Å²) in [4.78, 5) is 10.7. The zero-order valence-electron chi connectivity index (χ0n) is 14.4. The highest BCUT2D eigenvalue weighted by atomic mass is 32.1. The first-order valence-electron chi connectivity index (χ1n) is 8.34. The van der Waals surface area contributed by atoms with Crippen LogP contribution < -0.4 is 4.90 Å². The molecule has 4 rings (SSSR count). The van der Waals surface area contributed by atoms with Crippen molar-refractivity contribution in [2.75, 3.05) is 31.1 Å². The molecule has 0 saturated carbocycles. The molecule has 3 aromatic rings. The van der Waals surface area contributed by atoms with Crippen LogP contribution in [-0.4, -0.2) is 45.7 Å². The Bertz CT molecular complexity index is 772. The Morgan fingerprint density at radius 3 is 2.58 bits per heavy atom. The monoisotopic (exact) mass is 361 g/mol. The molecule has 1 aliphatic heterocycles. The molecule has 7 heteroatoms. The number of anilines is 1. The van der Waals surface area contributed by atoms with Gasteiger partial charge in [0.1, 0.15) is 0 Å². The second-order valence-electron chi connectivity index (χ2n) is 7.38. The van der Waals surface area contributed by atoms with Crippen molar-refractivity contribution in [2.45, 2.75) is 32.7 Å². The minimum atomic E-state index is 0.0703. The summed E-state index contributed by atoms with van der Waals surface area (Å²) in [5, 5.41) is 10.2. The van der Waals surface area contributed by atoms with Crippen LogP contribution in [0.15, 0.2) is 23.0 Å². The first-order valence-corrected chi connectivity index (χ1v) is 10.1. The van der Waals surface area contributed by atoms with Crippen molar-refractivity contribution in [3.05, 3.63) is 34.3 Å². The summed E-state index contributed by atoms with van der Waals surface area (Å²) in [7, 11) is 0. The van der Waals surface area contributed by atoms with Crippen LogP contribution in [0.5, 0.6) is 0 Å². The first kappa shape index (κ1) is 16.1. The number of fused-ring (bicyclic) bond motifs is 1. The van der Waals surface area contributed by atoms with Gasteiger partial charge in [-0.05, 0) is 22.4 Å². The molecular formula is C17H23N5S2. The van der Waals surface area contributed by atoms with Gasteiger partial charge in [-0.2, -0.15) is 11.3 Å². The van der Waals surface area contributed by atoms with Gasteiger partial charge < -0.3 is 4.90 Å². The molecule has 0 aromatic carbocycles. The number of aromatic nitrogens is 3. The van der Waals surface area contributed by atoms with E-state index in [9.17, 15) is 0 Å². The van der Waals surface area contributed by atoms with Gasteiger partial charge in [-0.15, -0.1) is 5.10 Å². The summed E-state index contributed by atoms with van der Waals surface area (Å²) >= 11 is 3.47. The molecular weight excluding hydrogens is 338 g/mol. The predicted octanol–water partition coefficient (Wildman–Crippen LogP) is 3.47. The normalized spacial score (nSPS) is 17.0. The molecule has 3 aromatic heterocycles. The smallest absolute Gasteiger partial charge is 0.214 e. The average molecular weight is 362 g/mol. The highest BCUT2D eigenvalue weighted by molar-refractivity contribution is 7.20. The third-order valence-electron chi connectivity index (χ3n) is 4.43. The molecule has 4 heterocycles. The summed E-state index contributed by atoms with van der Waals surface area (Å²) in [6.45, 7) is 11.9. The van der Waals surface area contributed by atoms with Crippen LogP contribution in [0.3, 0.4) is 0 Å². The molecule has 0 unspecified atom stereocenters. The Morgan fingerprint density at radius 2 is 1.96 bits per heavy atom. The lowest BCUT2D eigenvalue weighted by Gasteiger charge is -2.34. The highest BCUT2D eigenvalue weighted by Gasteiger charge is 2.23. The maximum absolute atomic E-state index is 4.75. The van der Waals surface area contributed by atoms with E-state index in [1.807, 2.05) is 4.52 Å². The van der Waals surface area contributed by atoms with Gasteiger partial charge in [0.25, 0.3) is 0 Å². The largest absolute Gasteiger partial charge is 0.344 e. The Labute approximate surface area is 150 Å². The van der Waals surface area contributed by atoms with Crippen LogP contribution in [0.4, 0.5) is 5.13 Å². The fourth-order valence-electron chi connectivity index (χ4n) is 2.92. The summed E-state index contributed by atoms with van der Waals surface area (Å²) < 4.78 is 1.94. The third kappa shape index (κ3) is 3.20. The molecule has 128 valence electrons. The maximum Gasteiger partial charge on any atom is 0.214 e. The fourth-order valence-corrected chi connectivity index (χ4v) is 4.51. The van der Waals surface area contributed by atoms with Crippen LogP contribution in [0, 0.1) is 0 Å². The number of nitrogens with zero attached hydrogens (tertiary/aromatic N) is 5. The van der Waals surface area contributed by atoms with E-state index in [-0.39, 0.29) is 5.41 Å². The Hall–Kier alpha value is -1.44. The van der Waals surface area contributed by atoms with E-state index < -0.39 is 0 Å². The minimum Gasteiger partial charge on any atom is -0.344 e. The lowest BCUT2D eigenvalue weighted by molar-refractivity contribution is 0.250. The number of hydrogen-bond acceptors (Lipinski definition) is 6. The summed E-state index contributed by atoms with van der Waals surface area (Å²) in [5.41, 5.74) is 2.60. The molecule has 24 heavy (non-hydrogen) atoms. The van der Waals surface area contributed by atoms with E-state index in [0.29, 0.717) is 0 Å². The van der Waals surface area contributed by atoms with Crippen molar-refractivity contribution in [3.63, 3.8) is 0 Å². The van der Waals surface area contributed by atoms with Crippen molar-refractivity contribution in [1.29, 1.82) is 0 Å². The molecule has 5 nitrogen and oxygen atoms in total. The van der Waals surface area contributed by atoms with E-state index in [1.165, 1.54) is 5.56 Å². The highest BCUT2D eigenvalue weighted by Crippen LogP contribution is 2.28. The zero-order valence-corrected chi connectivity index (χ0v) is 16.0. The topological polar surface area (TPSA) is 36.7 Å². The molecule has 1 fully saturated rings. The minimum absolute atomic E-state index is 0.0703. The Kier molecular flexibility index (Phi) is 4.10. The molecule has 0 N–H and O–H groups in total. The van der Waals surface area contributed by atoms with E-state index >= 15 is 0 Å². The summed E-state index contributed by atoms with van der Waals surface area (Å²) in [5.74, 6) is 0. The molecule has 0 spiro atoms. The van der Waals surface area contributed by atoms with Gasteiger partial charge in [-0.3, -0.25) is 4.90 Å². The number of imidazole rings is 1. The van der Waals surface area contributed by atoms with Crippen molar-refractivity contribution < 1.29 is 0 Å². The van der Waals surface area contributed by atoms with Gasteiger partial charge in [0, 0.05) is 38.1 Å². The van der Waals surface area contributed by atoms with E-state index in [4.69, 9.17) is 10.1 Å². The SMILES string of the molecule is CC(C)(C)c1cn2nc(N3CCN(Cc4ccsc4)CC3)sc2n1. The summed E-state index contributed by atoms with van der Waals surface area (Å²) in [6.07, 6.45) is 2.07. The zero-order chi connectivity index (χ0) is 16.7. The first-order chi connectivity index (χ1) is 11.5. The molecule has 0 bridgehead atoms. The predicted molar refractivity (Wildman–Crippen MR) is 101 cm³/mol. The van der Waals surface area contributed by atoms with Crippen molar-refractivity contribution >= 4 is 32.8 Å². The van der Waals surface area contributed by atoms with Crippen LogP contribution in [0.1, 0.15) is 32.0 Å². The van der Waals surface area contributed by atoms with Crippen LogP contribution >= 0.6 is 22.7 Å². The second-order valence-corrected chi connectivity index (χ2v) is 9.10. The average Bonchev–Trinajstić information content (AvgIpc) is 3.22. The van der Waals surface area contributed by atoms with Crippen molar-refractivity contribution in [3.8, 4) is 0 Å². The van der Waals surface area contributed by atoms with E-state index in [0.717, 1.165) is 48.5 Å². The quantitative estimate of drug-likeness (QED) is 0.716.